The molecule has 1 saturated heterocycles. The van der Waals surface area contributed by atoms with Crippen molar-refractivity contribution in [3.8, 4) is 0 Å². The zero-order valence-corrected chi connectivity index (χ0v) is 14.5. The van der Waals surface area contributed by atoms with Gasteiger partial charge in [-0.3, -0.25) is 4.79 Å². The van der Waals surface area contributed by atoms with Crippen LogP contribution in [0, 0.1) is 11.8 Å². The molecule has 3 atom stereocenters. The van der Waals surface area contributed by atoms with Gasteiger partial charge in [-0.15, -0.1) is 0 Å². The minimum atomic E-state index is -0.842. The predicted molar refractivity (Wildman–Crippen MR) is 90.7 cm³/mol. The molecule has 1 aliphatic rings. The van der Waals surface area contributed by atoms with Crippen molar-refractivity contribution < 1.29 is 19.4 Å². The van der Waals surface area contributed by atoms with E-state index in [9.17, 15) is 14.7 Å². The first-order valence-corrected chi connectivity index (χ1v) is 8.22. The number of hydrogen-bond donors (Lipinski definition) is 2. The van der Waals surface area contributed by atoms with Crippen LogP contribution in [-0.4, -0.2) is 48.8 Å². The fourth-order valence-electron chi connectivity index (χ4n) is 3.14. The zero-order valence-electron chi connectivity index (χ0n) is 14.5. The van der Waals surface area contributed by atoms with E-state index >= 15 is 0 Å². The predicted octanol–water partition coefficient (Wildman–Crippen LogP) is 2.30. The van der Waals surface area contributed by atoms with Gasteiger partial charge < -0.3 is 20.1 Å². The smallest absolute Gasteiger partial charge is 0.317 e. The number of carboxylic acids is 1. The van der Waals surface area contributed by atoms with Gasteiger partial charge in [-0.2, -0.15) is 0 Å². The molecular formula is C18H26N2O4. The largest absolute Gasteiger partial charge is 0.481 e. The van der Waals surface area contributed by atoms with Gasteiger partial charge >= 0.3 is 12.0 Å². The second kappa shape index (κ2) is 7.66. The van der Waals surface area contributed by atoms with Crippen molar-refractivity contribution >= 4 is 12.0 Å². The maximum Gasteiger partial charge on any atom is 0.317 e. The zero-order chi connectivity index (χ0) is 17.7. The molecule has 3 unspecified atom stereocenters. The summed E-state index contributed by atoms with van der Waals surface area (Å²) < 4.78 is 5.61. The second-order valence-corrected chi connectivity index (χ2v) is 6.74. The van der Waals surface area contributed by atoms with Crippen molar-refractivity contribution in [3.63, 3.8) is 0 Å². The van der Waals surface area contributed by atoms with Crippen LogP contribution in [0.15, 0.2) is 30.3 Å². The average Bonchev–Trinajstić information content (AvgIpc) is 2.59. The van der Waals surface area contributed by atoms with E-state index in [1.165, 1.54) is 0 Å². The molecule has 0 radical (unpaired) electrons. The van der Waals surface area contributed by atoms with E-state index in [0.29, 0.717) is 19.5 Å². The van der Waals surface area contributed by atoms with E-state index in [1.54, 1.807) is 12.0 Å². The van der Waals surface area contributed by atoms with E-state index in [2.05, 4.69) is 5.32 Å². The first-order chi connectivity index (χ1) is 11.4. The molecule has 0 aromatic heterocycles. The second-order valence-electron chi connectivity index (χ2n) is 6.74. The number of ether oxygens (including phenoxy) is 1. The number of carbonyl (C=O) groups excluding carboxylic acids is 1. The number of piperidine rings is 1. The van der Waals surface area contributed by atoms with Crippen molar-refractivity contribution in [2.45, 2.75) is 25.9 Å². The van der Waals surface area contributed by atoms with Crippen LogP contribution >= 0.6 is 0 Å². The van der Waals surface area contributed by atoms with Gasteiger partial charge in [-0.05, 0) is 24.8 Å². The van der Waals surface area contributed by atoms with Crippen molar-refractivity contribution in [2.24, 2.45) is 11.8 Å². The summed E-state index contributed by atoms with van der Waals surface area (Å²) in [6, 6.07) is 9.46. The number of carbonyl (C=O) groups is 2. The Labute approximate surface area is 142 Å². The fraction of sp³-hybridized carbons (Fsp3) is 0.556. The summed E-state index contributed by atoms with van der Waals surface area (Å²) in [5.41, 5.74) is 0.341. The van der Waals surface area contributed by atoms with Crippen LogP contribution in [-0.2, 0) is 15.1 Å². The molecule has 6 heteroatoms. The number of likely N-dealkylation sites (tertiary alicyclic amines) is 1. The Bertz CT molecular complexity index is 578. The Morgan fingerprint density at radius 2 is 2.00 bits per heavy atom. The van der Waals surface area contributed by atoms with Crippen molar-refractivity contribution in [1.82, 2.24) is 10.2 Å². The number of urea groups is 1. The summed E-state index contributed by atoms with van der Waals surface area (Å²) in [6.07, 6.45) is 0.610. The van der Waals surface area contributed by atoms with Gasteiger partial charge in [0.2, 0.25) is 0 Å². The summed E-state index contributed by atoms with van der Waals surface area (Å²) in [5, 5.41) is 12.1. The number of hydrogen-bond acceptors (Lipinski definition) is 3. The molecular weight excluding hydrogens is 308 g/mol. The normalized spacial score (nSPS) is 23.4. The van der Waals surface area contributed by atoms with Crippen LogP contribution in [0.1, 0.15) is 25.8 Å². The third-order valence-corrected chi connectivity index (χ3v) is 4.71. The third-order valence-electron chi connectivity index (χ3n) is 4.71. The number of methoxy groups -OCH3 is 1. The van der Waals surface area contributed by atoms with Gasteiger partial charge in [0.25, 0.3) is 0 Å². The molecule has 1 aromatic rings. The Hall–Kier alpha value is -2.08. The maximum atomic E-state index is 12.5. The number of benzene rings is 1. The van der Waals surface area contributed by atoms with Crippen LogP contribution in [0.2, 0.25) is 0 Å². The van der Waals surface area contributed by atoms with Crippen LogP contribution in [0.4, 0.5) is 4.79 Å². The number of nitrogens with zero attached hydrogens (tertiary/aromatic N) is 1. The molecule has 24 heavy (non-hydrogen) atoms. The standard InChI is InChI=1S/C18H26N2O4/c1-13-9-14(16(21)22)11-20(10-13)17(23)19-12-18(2,24-3)15-7-5-4-6-8-15/h4-8,13-14H,9-12H2,1-3H3,(H,19,23)(H,21,22). The quantitative estimate of drug-likeness (QED) is 0.866. The summed E-state index contributed by atoms with van der Waals surface area (Å²) in [7, 11) is 1.61. The van der Waals surface area contributed by atoms with E-state index in [0.717, 1.165) is 5.56 Å². The van der Waals surface area contributed by atoms with Gasteiger partial charge in [0, 0.05) is 20.2 Å². The maximum absolute atomic E-state index is 12.5. The highest BCUT2D eigenvalue weighted by Crippen LogP contribution is 2.25. The van der Waals surface area contributed by atoms with Crippen LogP contribution in [0.5, 0.6) is 0 Å². The molecule has 2 N–H and O–H groups in total. The molecule has 0 saturated carbocycles. The molecule has 0 bridgehead atoms. The van der Waals surface area contributed by atoms with Crippen LogP contribution in [0.3, 0.4) is 0 Å². The van der Waals surface area contributed by atoms with E-state index in [4.69, 9.17) is 4.74 Å². The van der Waals surface area contributed by atoms with Gasteiger partial charge in [0.1, 0.15) is 5.60 Å². The van der Waals surface area contributed by atoms with Gasteiger partial charge in [0.05, 0.1) is 12.5 Å². The molecule has 0 spiro atoms. The molecule has 1 aromatic carbocycles. The topological polar surface area (TPSA) is 78.9 Å². The highest BCUT2D eigenvalue weighted by molar-refractivity contribution is 5.76. The van der Waals surface area contributed by atoms with Gasteiger partial charge in [-0.25, -0.2) is 4.79 Å². The molecule has 132 valence electrons. The van der Waals surface area contributed by atoms with Crippen LogP contribution in [0.25, 0.3) is 0 Å². The number of aliphatic carboxylic acids is 1. The van der Waals surface area contributed by atoms with Crippen molar-refractivity contribution in [1.29, 1.82) is 0 Å². The summed E-state index contributed by atoms with van der Waals surface area (Å²) in [4.78, 5) is 25.3. The summed E-state index contributed by atoms with van der Waals surface area (Å²) in [6.45, 7) is 5.03. The number of amides is 2. The fourth-order valence-corrected chi connectivity index (χ4v) is 3.14. The summed E-state index contributed by atoms with van der Waals surface area (Å²) in [5.74, 6) is -1.17. The van der Waals surface area contributed by atoms with E-state index in [1.807, 2.05) is 44.2 Å². The van der Waals surface area contributed by atoms with Gasteiger partial charge in [0.15, 0.2) is 0 Å². The summed E-state index contributed by atoms with van der Waals surface area (Å²) >= 11 is 0. The first-order valence-electron chi connectivity index (χ1n) is 8.22. The number of carboxylic acid groups (broad SMARTS) is 1. The lowest BCUT2D eigenvalue weighted by atomic mass is 9.90. The lowest BCUT2D eigenvalue weighted by molar-refractivity contribution is -0.143. The molecule has 1 fully saturated rings. The Balaban J connectivity index is 2.00. The van der Waals surface area contributed by atoms with Gasteiger partial charge in [-0.1, -0.05) is 37.3 Å². The van der Waals surface area contributed by atoms with E-state index in [-0.39, 0.29) is 18.5 Å². The molecule has 2 rings (SSSR count). The first kappa shape index (κ1) is 18.3. The SMILES string of the molecule is COC(C)(CNC(=O)N1CC(C)CC(C(=O)O)C1)c1ccccc1. The molecule has 6 nitrogen and oxygen atoms in total. The van der Waals surface area contributed by atoms with Crippen molar-refractivity contribution in [3.05, 3.63) is 35.9 Å². The highest BCUT2D eigenvalue weighted by Gasteiger charge is 2.33. The average molecular weight is 334 g/mol. The molecule has 0 aliphatic carbocycles. The Morgan fingerprint density at radius 3 is 2.58 bits per heavy atom. The number of nitrogens with one attached hydrogen (secondary N) is 1. The minimum absolute atomic E-state index is 0.175. The Morgan fingerprint density at radius 1 is 1.33 bits per heavy atom. The number of rotatable bonds is 5. The lowest BCUT2D eigenvalue weighted by Gasteiger charge is -2.36. The van der Waals surface area contributed by atoms with Crippen LogP contribution < -0.4 is 5.32 Å². The Kier molecular flexibility index (Phi) is 5.83. The molecule has 1 aliphatic heterocycles. The van der Waals surface area contributed by atoms with E-state index < -0.39 is 17.5 Å². The monoisotopic (exact) mass is 334 g/mol. The minimum Gasteiger partial charge on any atom is -0.481 e. The molecule has 1 heterocycles. The van der Waals surface area contributed by atoms with Crippen molar-refractivity contribution in [2.75, 3.05) is 26.7 Å². The highest BCUT2D eigenvalue weighted by atomic mass is 16.5. The lowest BCUT2D eigenvalue weighted by Crippen LogP contribution is -2.51. The molecule has 2 amide bonds. The third kappa shape index (κ3) is 4.26.